The van der Waals surface area contributed by atoms with Crippen molar-refractivity contribution in [2.75, 3.05) is 0 Å². The van der Waals surface area contributed by atoms with E-state index in [1.54, 1.807) is 12.1 Å². The Hall–Kier alpha value is -5.19. The number of halogens is 2. The maximum atomic E-state index is 14.9. The van der Waals surface area contributed by atoms with Gasteiger partial charge in [0, 0.05) is 28.8 Å². The summed E-state index contributed by atoms with van der Waals surface area (Å²) in [5.41, 5.74) is 5.73. The molecular weight excluding hydrogens is 544 g/mol. The second kappa shape index (κ2) is 10.7. The number of carbonyl (C=O) groups is 2. The molecule has 0 spiro atoms. The van der Waals surface area contributed by atoms with E-state index in [0.717, 1.165) is 22.8 Å². The molecule has 1 aliphatic heterocycles. The number of rotatable bonds is 7. The lowest BCUT2D eigenvalue weighted by atomic mass is 9.86. The molecule has 0 saturated heterocycles. The average Bonchev–Trinajstić information content (AvgIpc) is 3.60. The summed E-state index contributed by atoms with van der Waals surface area (Å²) in [6.07, 6.45) is 1.12. The fourth-order valence-electron chi connectivity index (χ4n) is 5.42. The molecule has 0 fully saturated rings. The number of benzene rings is 3. The van der Waals surface area contributed by atoms with Crippen molar-refractivity contribution in [1.82, 2.24) is 25.7 Å². The lowest BCUT2D eigenvalue weighted by molar-refractivity contribution is 0.0691. The minimum absolute atomic E-state index is 0.227. The second-order valence-corrected chi connectivity index (χ2v) is 10.3. The molecule has 42 heavy (non-hydrogen) atoms. The van der Waals surface area contributed by atoms with Gasteiger partial charge in [-0.25, -0.2) is 13.6 Å². The fraction of sp³-hybridized carbons (Fsp3) is 0.194. The first-order chi connectivity index (χ1) is 20.2. The molecule has 1 unspecified atom stereocenters. The third-order valence-corrected chi connectivity index (χ3v) is 7.41. The molecule has 1 amide bonds. The third-order valence-electron chi connectivity index (χ3n) is 7.41. The number of nitrogens with one attached hydrogen (secondary N) is 2. The van der Waals surface area contributed by atoms with Crippen LogP contribution < -0.4 is 5.32 Å². The summed E-state index contributed by atoms with van der Waals surface area (Å²) >= 11 is 0. The maximum absolute atomic E-state index is 14.9. The highest BCUT2D eigenvalue weighted by Gasteiger charge is 2.31. The Morgan fingerprint density at radius 1 is 1.02 bits per heavy atom. The minimum Gasteiger partial charge on any atom is -0.478 e. The van der Waals surface area contributed by atoms with Crippen LogP contribution >= 0.6 is 0 Å². The van der Waals surface area contributed by atoms with Gasteiger partial charge in [0.15, 0.2) is 0 Å². The predicted molar refractivity (Wildman–Crippen MR) is 148 cm³/mol. The van der Waals surface area contributed by atoms with E-state index in [9.17, 15) is 23.5 Å². The lowest BCUT2D eigenvalue weighted by Crippen LogP contribution is -2.36. The molecule has 0 radical (unpaired) electrons. The van der Waals surface area contributed by atoms with E-state index in [2.05, 4.69) is 25.7 Å². The Morgan fingerprint density at radius 2 is 1.79 bits per heavy atom. The first kappa shape index (κ1) is 27.0. The van der Waals surface area contributed by atoms with Gasteiger partial charge in [0.05, 0.1) is 17.3 Å². The van der Waals surface area contributed by atoms with Gasteiger partial charge in [0.2, 0.25) is 11.8 Å². The number of fused-ring (bicyclic) bond motifs is 1. The van der Waals surface area contributed by atoms with Crippen LogP contribution in [-0.2, 0) is 19.3 Å². The van der Waals surface area contributed by atoms with Crippen molar-refractivity contribution >= 4 is 11.9 Å². The minimum atomic E-state index is -1.37. The zero-order valence-corrected chi connectivity index (χ0v) is 22.7. The summed E-state index contributed by atoms with van der Waals surface area (Å²) in [5, 5.41) is 28.1. The zero-order valence-electron chi connectivity index (χ0n) is 22.7. The van der Waals surface area contributed by atoms with Crippen molar-refractivity contribution in [2.24, 2.45) is 0 Å². The van der Waals surface area contributed by atoms with E-state index in [1.165, 1.54) is 24.3 Å². The molecule has 0 saturated carbocycles. The molecule has 9 nitrogen and oxygen atoms in total. The number of aromatic carboxylic acids is 1. The number of amides is 1. The molecule has 6 rings (SSSR count). The van der Waals surface area contributed by atoms with Gasteiger partial charge in [-0.1, -0.05) is 17.7 Å². The Balaban J connectivity index is 1.35. The average molecular weight is 570 g/mol. The van der Waals surface area contributed by atoms with Crippen LogP contribution in [0.3, 0.4) is 0 Å². The molecular formula is C31H25F2N5O4. The number of carbonyl (C=O) groups excluding carboxylic acids is 1. The Labute approximate surface area is 238 Å². The number of carboxylic acid groups (broad SMARTS) is 1. The first-order valence-electron chi connectivity index (χ1n) is 13.3. The monoisotopic (exact) mass is 569 g/mol. The van der Waals surface area contributed by atoms with Gasteiger partial charge in [-0.2, -0.15) is 5.10 Å². The van der Waals surface area contributed by atoms with E-state index in [1.807, 2.05) is 26.0 Å². The van der Waals surface area contributed by atoms with Crippen LogP contribution in [0.4, 0.5) is 8.78 Å². The number of H-pyrrole nitrogens is 1. The Kier molecular flexibility index (Phi) is 6.85. The fourth-order valence-corrected chi connectivity index (χ4v) is 5.42. The highest BCUT2D eigenvalue weighted by atomic mass is 19.1. The normalized spacial score (nSPS) is 14.5. The predicted octanol–water partition coefficient (Wildman–Crippen LogP) is 5.53. The number of aromatic amines is 1. The highest BCUT2D eigenvalue weighted by Crippen LogP contribution is 2.36. The largest absolute Gasteiger partial charge is 0.478 e. The number of aryl methyl sites for hydroxylation is 4. The van der Waals surface area contributed by atoms with Crippen LogP contribution in [-0.4, -0.2) is 37.4 Å². The molecule has 212 valence electrons. The summed E-state index contributed by atoms with van der Waals surface area (Å²) < 4.78 is 33.9. The molecule has 11 heteroatoms. The van der Waals surface area contributed by atoms with Crippen LogP contribution in [0.25, 0.3) is 22.6 Å². The summed E-state index contributed by atoms with van der Waals surface area (Å²) in [4.78, 5) is 24.6. The summed E-state index contributed by atoms with van der Waals surface area (Å²) in [6.45, 7) is 3.90. The molecule has 1 atom stereocenters. The van der Waals surface area contributed by atoms with Crippen LogP contribution in [0, 0.1) is 25.5 Å². The highest BCUT2D eigenvalue weighted by molar-refractivity contribution is 5.98. The van der Waals surface area contributed by atoms with E-state index < -0.39 is 23.4 Å². The van der Waals surface area contributed by atoms with Crippen molar-refractivity contribution in [1.29, 1.82) is 0 Å². The van der Waals surface area contributed by atoms with Gasteiger partial charge in [0.1, 0.15) is 11.6 Å². The first-order valence-corrected chi connectivity index (χ1v) is 13.3. The van der Waals surface area contributed by atoms with Crippen LogP contribution in [0.15, 0.2) is 59.0 Å². The van der Waals surface area contributed by atoms with E-state index in [0.29, 0.717) is 58.8 Å². The summed E-state index contributed by atoms with van der Waals surface area (Å²) in [7, 11) is 0. The lowest BCUT2D eigenvalue weighted by Gasteiger charge is -2.27. The van der Waals surface area contributed by atoms with Crippen molar-refractivity contribution in [2.45, 2.75) is 39.2 Å². The van der Waals surface area contributed by atoms with Crippen molar-refractivity contribution in [3.05, 3.63) is 111 Å². The standard InChI is InChI=1S/C31H25F2N5O4/c1-15-11-16(2)21-14-25(34-29(39)22(21)12-15)28-27(18-5-8-20(31(40)41)23(33)13-18)24(35-37-28)9-10-26-36-38-30(42-26)17-3-6-19(32)7-4-17/h3-8,11-13,25H,9-10,14H2,1-2H3,(H,34,39)(H,35,37)(H,40,41). The van der Waals surface area contributed by atoms with Gasteiger partial charge in [-0.15, -0.1) is 10.2 Å². The van der Waals surface area contributed by atoms with Gasteiger partial charge < -0.3 is 14.8 Å². The van der Waals surface area contributed by atoms with Crippen LogP contribution in [0.1, 0.15) is 60.7 Å². The summed E-state index contributed by atoms with van der Waals surface area (Å²) in [5.74, 6) is -2.29. The quantitative estimate of drug-likeness (QED) is 0.235. The van der Waals surface area contributed by atoms with Crippen LogP contribution in [0.5, 0.6) is 0 Å². The number of hydrogen-bond acceptors (Lipinski definition) is 6. The topological polar surface area (TPSA) is 134 Å². The van der Waals surface area contributed by atoms with Gasteiger partial charge in [0.25, 0.3) is 5.91 Å². The van der Waals surface area contributed by atoms with E-state index in [-0.39, 0.29) is 17.6 Å². The second-order valence-electron chi connectivity index (χ2n) is 10.3. The molecule has 3 aromatic carbocycles. The van der Waals surface area contributed by atoms with Crippen molar-refractivity contribution in [3.8, 4) is 22.6 Å². The molecule has 3 heterocycles. The number of aromatic nitrogens is 4. The van der Waals surface area contributed by atoms with Gasteiger partial charge in [-0.3, -0.25) is 9.89 Å². The molecule has 0 bridgehead atoms. The zero-order chi connectivity index (χ0) is 29.5. The Bertz CT molecular complexity index is 1840. The Morgan fingerprint density at radius 3 is 2.52 bits per heavy atom. The molecule has 3 N–H and O–H groups in total. The maximum Gasteiger partial charge on any atom is 0.338 e. The van der Waals surface area contributed by atoms with Gasteiger partial charge in [-0.05, 0) is 85.8 Å². The van der Waals surface area contributed by atoms with Gasteiger partial charge >= 0.3 is 5.97 Å². The number of nitrogens with zero attached hydrogens (tertiary/aromatic N) is 3. The SMILES string of the molecule is Cc1cc(C)c2c(c1)C(=O)NC(c1n[nH]c(CCc3nnc(-c4ccc(F)cc4)o3)c1-c1ccc(C(=O)O)c(F)c1)C2. The molecule has 0 aliphatic carbocycles. The van der Waals surface area contributed by atoms with Crippen LogP contribution in [0.2, 0.25) is 0 Å². The molecule has 2 aromatic heterocycles. The smallest absolute Gasteiger partial charge is 0.338 e. The molecule has 5 aromatic rings. The number of carboxylic acids is 1. The van der Waals surface area contributed by atoms with Crippen molar-refractivity contribution in [3.63, 3.8) is 0 Å². The summed E-state index contributed by atoms with van der Waals surface area (Å²) in [6, 6.07) is 13.0. The van der Waals surface area contributed by atoms with E-state index >= 15 is 0 Å². The molecule has 1 aliphatic rings. The third kappa shape index (κ3) is 5.05. The number of hydrogen-bond donors (Lipinski definition) is 3. The van der Waals surface area contributed by atoms with Crippen molar-refractivity contribution < 1.29 is 27.9 Å². The van der Waals surface area contributed by atoms with E-state index in [4.69, 9.17) is 4.42 Å².